The molecule has 0 saturated carbocycles. The Morgan fingerprint density at radius 1 is 0.273 bits per heavy atom. The van der Waals surface area contributed by atoms with Crippen molar-refractivity contribution in [3.05, 3.63) is 0 Å². The van der Waals surface area contributed by atoms with Gasteiger partial charge < -0.3 is 54.5 Å². The topological polar surface area (TPSA) is 131 Å². The lowest BCUT2D eigenvalue weighted by molar-refractivity contribution is -0.0341. The fraction of sp³-hybridized carbons (Fsp3) is 1.00. The minimum absolute atomic E-state index is 0.126. The molecule has 0 atom stereocenters. The van der Waals surface area contributed by atoms with Gasteiger partial charge in [0.25, 0.3) is 0 Å². The van der Waals surface area contributed by atoms with Crippen LogP contribution in [0.25, 0.3) is 0 Å². The highest BCUT2D eigenvalue weighted by Crippen LogP contribution is 2.56. The number of aliphatic hydroxyl groups is 1. The number of rotatable bonds is 20. The molecule has 0 aromatic rings. The first-order valence-corrected chi connectivity index (χ1v) is 36.9. The van der Waals surface area contributed by atoms with E-state index in [-0.39, 0.29) is 48.0 Å². The van der Waals surface area contributed by atoms with Crippen molar-refractivity contribution in [2.45, 2.75) is 171 Å². The predicted octanol–water partition coefficient (Wildman–Crippen LogP) is 8.91. The second-order valence-electron chi connectivity index (χ2n) is 19.8. The van der Waals surface area contributed by atoms with Crippen LogP contribution in [0.15, 0.2) is 0 Å². The van der Waals surface area contributed by atoms with Gasteiger partial charge in [-0.2, -0.15) is 0 Å². The largest absolute Gasteiger partial charge is 0.479 e. The van der Waals surface area contributed by atoms with E-state index >= 15 is 0 Å². The highest BCUT2D eigenvalue weighted by molar-refractivity contribution is 7.03. The number of unbranched alkanes of at least 4 members (excludes halogenated alkanes) is 3. The van der Waals surface area contributed by atoms with Gasteiger partial charge in [0.2, 0.25) is 0 Å². The molecule has 13 nitrogen and oxygen atoms in total. The maximum atomic E-state index is 9.62. The van der Waals surface area contributed by atoms with Crippen molar-refractivity contribution in [1.82, 2.24) is 0 Å². The van der Waals surface area contributed by atoms with Crippen molar-refractivity contribution in [3.8, 4) is 0 Å². The minimum atomic E-state index is -3.91. The molecule has 21 heteroatoms. The zero-order chi connectivity index (χ0) is 40.7. The van der Waals surface area contributed by atoms with Crippen molar-refractivity contribution in [1.29, 1.82) is 0 Å². The van der Waals surface area contributed by atoms with Crippen LogP contribution in [0.3, 0.4) is 0 Å². The summed E-state index contributed by atoms with van der Waals surface area (Å²) in [6, 6.07) is 3.93. The van der Waals surface area contributed by atoms with Crippen LogP contribution < -0.4 is 0 Å². The molecule has 6 rings (SSSR count). The molecule has 8 bridgehead atoms. The molecule has 0 spiro atoms. The Kier molecular flexibility index (Phi) is 15.4. The molecule has 6 aliphatic heterocycles. The molecule has 0 aromatic carbocycles. The molecule has 0 aromatic heterocycles. The lowest BCUT2D eigenvalue weighted by atomic mass is 10.2. The summed E-state index contributed by atoms with van der Waals surface area (Å²) in [5.74, 6) is 0.907. The summed E-state index contributed by atoms with van der Waals surface area (Å²) in [4.78, 5) is 0. The minimum Gasteiger partial charge on any atom is -0.396 e. The molecule has 0 radical (unpaired) electrons. The van der Waals surface area contributed by atoms with Crippen LogP contribution in [0, 0.1) is 41.4 Å². The zero-order valence-corrected chi connectivity index (χ0v) is 44.6. The van der Waals surface area contributed by atoms with Gasteiger partial charge in [0.05, 0.1) is 0 Å². The average molecular weight is 918 g/mol. The van der Waals surface area contributed by atoms with Gasteiger partial charge in [0.15, 0.2) is 0 Å². The Morgan fingerprint density at radius 3 is 0.636 bits per heavy atom. The van der Waals surface area contributed by atoms with Crippen LogP contribution in [0.1, 0.15) is 123 Å². The van der Waals surface area contributed by atoms with E-state index in [4.69, 9.17) is 49.4 Å². The van der Waals surface area contributed by atoms with Gasteiger partial charge in [-0.25, -0.2) is 0 Å². The molecule has 6 heterocycles. The Bertz CT molecular complexity index is 1130. The molecule has 0 aliphatic carbocycles. The monoisotopic (exact) mass is 916 g/mol. The van der Waals surface area contributed by atoms with Gasteiger partial charge in [-0.15, -0.1) is 0 Å². The Hall–Kier alpha value is 1.22. The number of hydrogen-bond donors (Lipinski definition) is 1. The van der Waals surface area contributed by atoms with E-state index in [1.54, 1.807) is 0 Å². The third kappa shape index (κ3) is 11.6. The van der Waals surface area contributed by atoms with Crippen LogP contribution in [0.2, 0.25) is 48.4 Å². The molecule has 0 unspecified atom stereocenters. The maximum absolute atomic E-state index is 9.62. The van der Waals surface area contributed by atoms with E-state index in [2.05, 4.69) is 96.9 Å². The molecule has 6 fully saturated rings. The third-order valence-corrected chi connectivity index (χ3v) is 49.8. The smallest absolute Gasteiger partial charge is 0.396 e. The fourth-order valence-electron chi connectivity index (χ4n) is 8.68. The first kappa shape index (κ1) is 47.3. The normalized spacial score (nSPS) is 40.3. The summed E-state index contributed by atoms with van der Waals surface area (Å²) < 4.78 is 93.3. The summed E-state index contributed by atoms with van der Waals surface area (Å²) in [5.41, 5.74) is 0. The van der Waals surface area contributed by atoms with Gasteiger partial charge in [0.1, 0.15) is 0 Å². The predicted molar refractivity (Wildman–Crippen MR) is 227 cm³/mol. The molecule has 55 heavy (non-hydrogen) atoms. The van der Waals surface area contributed by atoms with Crippen LogP contribution >= 0.6 is 0 Å². The lowest BCUT2D eigenvalue weighted by Gasteiger charge is -2.64. The van der Waals surface area contributed by atoms with Crippen LogP contribution in [0.5, 0.6) is 0 Å². The van der Waals surface area contributed by atoms with Crippen molar-refractivity contribution in [2.24, 2.45) is 41.4 Å². The Labute approximate surface area is 342 Å². The van der Waals surface area contributed by atoms with Gasteiger partial charge >= 0.3 is 70.4 Å². The lowest BCUT2D eigenvalue weighted by Crippen LogP contribution is -2.88. The molecule has 6 saturated heterocycles. The highest BCUT2D eigenvalue weighted by atomic mass is 28.6. The van der Waals surface area contributed by atoms with Crippen molar-refractivity contribution in [3.63, 3.8) is 0 Å². The Morgan fingerprint density at radius 2 is 0.455 bits per heavy atom. The van der Waals surface area contributed by atoms with Gasteiger partial charge in [-0.3, -0.25) is 0 Å². The van der Waals surface area contributed by atoms with Crippen LogP contribution in [-0.2, 0) is 49.4 Å². The van der Waals surface area contributed by atoms with Crippen molar-refractivity contribution in [2.75, 3.05) is 6.61 Å². The standard InChI is InChI=1S/C34H76O13Si8/c1-28(2)21-49-36-48(20-18-16-15-17-19-35)37-50(22-29(3)4)41-52(39-49,24-31(7)8)45-55(27-34(13)14)46-53(40-49,25-32(9)10)42-51(38-48,23-30(5)6)44-54(43-50,47-55)26-33(11)12/h28-35H,15-27H2,1-14H3. The molecule has 6 aliphatic rings. The van der Waals surface area contributed by atoms with E-state index in [9.17, 15) is 5.11 Å². The summed E-state index contributed by atoms with van der Waals surface area (Å²) in [7, 11) is -31.2. The van der Waals surface area contributed by atoms with E-state index in [1.165, 1.54) is 0 Å². The zero-order valence-electron chi connectivity index (χ0n) is 36.6. The summed E-state index contributed by atoms with van der Waals surface area (Å²) in [6.45, 7) is 30.5. The van der Waals surface area contributed by atoms with Gasteiger partial charge in [-0.05, 0) is 54.3 Å². The summed E-state index contributed by atoms with van der Waals surface area (Å²) >= 11 is 0. The fourth-order valence-corrected chi connectivity index (χ4v) is 60.3. The molecule has 1 N–H and O–H groups in total. The van der Waals surface area contributed by atoms with Crippen molar-refractivity contribution < 1.29 is 54.5 Å². The van der Waals surface area contributed by atoms with Crippen LogP contribution in [0.4, 0.5) is 0 Å². The summed E-state index contributed by atoms with van der Waals surface area (Å²) in [5, 5.41) is 9.62. The highest BCUT2D eigenvalue weighted by Gasteiger charge is 2.83. The average Bonchev–Trinajstić information content (AvgIpc) is 2.90. The SMILES string of the molecule is CC(C)C[Si]12O[Si]3(CCCCCCO)O[Si]4(CC(C)C)O[Si](CC(C)C)(O1)O[Si]1(CC(C)C)O[Si](CC(C)C)(O2)O[Si](CC(C)C)(O3)O[Si](CC(C)C)(O4)O1. The number of hydrogen-bond acceptors (Lipinski definition) is 13. The first-order valence-electron chi connectivity index (χ1n) is 21.5. The van der Waals surface area contributed by atoms with Crippen LogP contribution in [-0.4, -0.2) is 82.1 Å². The van der Waals surface area contributed by atoms with E-state index in [1.807, 2.05) is 0 Å². The quantitative estimate of drug-likeness (QED) is 0.0923. The van der Waals surface area contributed by atoms with E-state index in [0.717, 1.165) is 25.7 Å². The van der Waals surface area contributed by atoms with Gasteiger partial charge in [0, 0.05) is 55.0 Å². The van der Waals surface area contributed by atoms with E-state index in [0.29, 0.717) is 48.4 Å². The first-order chi connectivity index (χ1) is 25.5. The van der Waals surface area contributed by atoms with Crippen molar-refractivity contribution >= 4 is 70.4 Å². The maximum Gasteiger partial charge on any atom is 0.479 e. The molecule has 322 valence electrons. The van der Waals surface area contributed by atoms with E-state index < -0.39 is 70.4 Å². The second-order valence-corrected chi connectivity index (χ2v) is 43.8. The number of aliphatic hydroxyl groups excluding tert-OH is 1. The Balaban J connectivity index is 1.92. The molecular weight excluding hydrogens is 841 g/mol. The third-order valence-electron chi connectivity index (χ3n) is 9.73. The molecule has 0 amide bonds. The van der Waals surface area contributed by atoms with Gasteiger partial charge in [-0.1, -0.05) is 110 Å². The second kappa shape index (κ2) is 17.9. The summed E-state index contributed by atoms with van der Waals surface area (Å²) in [6.07, 6.45) is 3.23. The molecular formula is C34H76O13Si8.